The Morgan fingerprint density at radius 3 is 2.43 bits per heavy atom. The zero-order chi connectivity index (χ0) is 15.1. The topological polar surface area (TPSA) is 59.3 Å². The number of aromatic carboxylic acids is 1. The molecule has 0 saturated heterocycles. The van der Waals surface area contributed by atoms with Gasteiger partial charge in [0.2, 0.25) is 5.43 Å². The van der Waals surface area contributed by atoms with Gasteiger partial charge in [-0.3, -0.25) is 4.79 Å². The summed E-state index contributed by atoms with van der Waals surface area (Å²) in [5.41, 5.74) is 1.93. The summed E-state index contributed by atoms with van der Waals surface area (Å²) >= 11 is 0. The first-order valence-corrected chi connectivity index (χ1v) is 6.84. The van der Waals surface area contributed by atoms with E-state index in [4.69, 9.17) is 7.85 Å². The Morgan fingerprint density at radius 2 is 1.90 bits per heavy atom. The number of hydrogen-bond donors (Lipinski definition) is 1. The molecule has 0 unspecified atom stereocenters. The zero-order valence-corrected chi connectivity index (χ0v) is 11.7. The van der Waals surface area contributed by atoms with Crippen LogP contribution >= 0.6 is 0 Å². The Kier molecular flexibility index (Phi) is 3.20. The number of aromatic nitrogens is 1. The fourth-order valence-corrected chi connectivity index (χ4v) is 2.60. The Morgan fingerprint density at radius 1 is 1.29 bits per heavy atom. The third-order valence-electron chi connectivity index (χ3n) is 3.86. The molecule has 1 aromatic carbocycles. The fourth-order valence-electron chi connectivity index (χ4n) is 2.60. The summed E-state index contributed by atoms with van der Waals surface area (Å²) in [5, 5.41) is 9.27. The molecule has 104 valence electrons. The molecule has 1 fully saturated rings. The Hall–Kier alpha value is -2.30. The lowest BCUT2D eigenvalue weighted by Gasteiger charge is -2.15. The Bertz CT molecular complexity index is 773. The van der Waals surface area contributed by atoms with E-state index in [-0.39, 0.29) is 5.56 Å². The fraction of sp³-hybridized carbons (Fsp3) is 0.250. The van der Waals surface area contributed by atoms with Gasteiger partial charge in [0, 0.05) is 23.5 Å². The molecule has 4 nitrogen and oxygen atoms in total. The second-order valence-electron chi connectivity index (χ2n) is 5.40. The highest BCUT2D eigenvalue weighted by atomic mass is 16.4. The molecule has 1 N–H and O–H groups in total. The average molecular weight is 279 g/mol. The molecule has 21 heavy (non-hydrogen) atoms. The Labute approximate surface area is 123 Å². The minimum absolute atomic E-state index is 0.181. The maximum absolute atomic E-state index is 12.5. The molecular formula is C16H14BNO3. The molecule has 2 radical (unpaired) electrons. The number of benzene rings is 1. The highest BCUT2D eigenvalue weighted by Gasteiger charge is 2.28. The van der Waals surface area contributed by atoms with E-state index in [0.29, 0.717) is 22.6 Å². The van der Waals surface area contributed by atoms with E-state index in [9.17, 15) is 14.7 Å². The number of pyridine rings is 1. The minimum Gasteiger partial charge on any atom is -0.477 e. The van der Waals surface area contributed by atoms with Crippen LogP contribution in [0.15, 0.2) is 35.3 Å². The molecule has 0 spiro atoms. The summed E-state index contributed by atoms with van der Waals surface area (Å²) in [6, 6.07) is 7.23. The summed E-state index contributed by atoms with van der Waals surface area (Å²) in [7, 11) is 5.67. The lowest BCUT2D eigenvalue weighted by molar-refractivity contribution is 0.0694. The van der Waals surface area contributed by atoms with Crippen molar-refractivity contribution >= 4 is 19.3 Å². The van der Waals surface area contributed by atoms with Gasteiger partial charge < -0.3 is 9.67 Å². The molecule has 0 amide bonds. The van der Waals surface area contributed by atoms with Crippen molar-refractivity contribution in [3.8, 4) is 11.1 Å². The predicted molar refractivity (Wildman–Crippen MR) is 81.5 cm³/mol. The molecule has 1 aliphatic carbocycles. The predicted octanol–water partition coefficient (Wildman–Crippen LogP) is 1.65. The van der Waals surface area contributed by atoms with Crippen molar-refractivity contribution in [3.05, 3.63) is 51.9 Å². The summed E-state index contributed by atoms with van der Waals surface area (Å²) < 4.78 is 1.91. The minimum atomic E-state index is -1.19. The van der Waals surface area contributed by atoms with Gasteiger partial charge in [-0.25, -0.2) is 4.79 Å². The van der Waals surface area contributed by atoms with Gasteiger partial charge in [-0.05, 0) is 25.3 Å². The molecule has 1 aliphatic rings. The van der Waals surface area contributed by atoms with Crippen LogP contribution in [0.3, 0.4) is 0 Å². The number of carbonyl (C=O) groups is 1. The van der Waals surface area contributed by atoms with E-state index in [1.54, 1.807) is 24.3 Å². The summed E-state index contributed by atoms with van der Waals surface area (Å²) in [6.45, 7) is 1.86. The van der Waals surface area contributed by atoms with Gasteiger partial charge in [-0.15, -0.1) is 0 Å². The molecule has 5 heteroatoms. The molecule has 0 atom stereocenters. The summed E-state index contributed by atoms with van der Waals surface area (Å²) in [4.78, 5) is 23.8. The van der Waals surface area contributed by atoms with E-state index in [1.807, 2.05) is 11.5 Å². The maximum Gasteiger partial charge on any atom is 0.341 e. The van der Waals surface area contributed by atoms with Crippen molar-refractivity contribution in [2.24, 2.45) is 0 Å². The van der Waals surface area contributed by atoms with Gasteiger partial charge in [-0.1, -0.05) is 29.7 Å². The van der Waals surface area contributed by atoms with E-state index < -0.39 is 11.4 Å². The number of rotatable bonds is 3. The normalized spacial score (nSPS) is 14.1. The summed E-state index contributed by atoms with van der Waals surface area (Å²) in [6.07, 6.45) is 3.51. The molecule has 0 bridgehead atoms. The first-order chi connectivity index (χ1) is 9.99. The van der Waals surface area contributed by atoms with E-state index in [2.05, 4.69) is 0 Å². The quantitative estimate of drug-likeness (QED) is 0.869. The number of carboxylic acids is 1. The summed E-state index contributed by atoms with van der Waals surface area (Å²) in [5.74, 6) is -1.19. The van der Waals surface area contributed by atoms with E-state index >= 15 is 0 Å². The molecule has 1 heterocycles. The van der Waals surface area contributed by atoms with Crippen LogP contribution in [0.2, 0.25) is 0 Å². The van der Waals surface area contributed by atoms with Crippen LogP contribution in [-0.4, -0.2) is 23.5 Å². The zero-order valence-electron chi connectivity index (χ0n) is 11.7. The highest BCUT2D eigenvalue weighted by Crippen LogP contribution is 2.37. The smallest absolute Gasteiger partial charge is 0.341 e. The van der Waals surface area contributed by atoms with E-state index in [1.165, 1.54) is 6.20 Å². The van der Waals surface area contributed by atoms with Gasteiger partial charge in [0.05, 0.1) is 0 Å². The van der Waals surface area contributed by atoms with Crippen molar-refractivity contribution in [1.82, 2.24) is 4.57 Å². The lowest BCUT2D eigenvalue weighted by Crippen LogP contribution is -2.22. The first-order valence-electron chi connectivity index (χ1n) is 6.84. The number of carboxylic acid groups (broad SMARTS) is 1. The largest absolute Gasteiger partial charge is 0.477 e. The molecule has 2 aromatic rings. The van der Waals surface area contributed by atoms with Crippen LogP contribution in [0.5, 0.6) is 0 Å². The van der Waals surface area contributed by atoms with Gasteiger partial charge in [-0.2, -0.15) is 0 Å². The SMILES string of the molecule is [B]c1ccc(-c2c(C)n(C3CC3)cc(C(=O)O)c2=O)cc1. The van der Waals surface area contributed by atoms with Crippen molar-refractivity contribution < 1.29 is 9.90 Å². The molecule has 0 aliphatic heterocycles. The van der Waals surface area contributed by atoms with Crippen LogP contribution in [-0.2, 0) is 0 Å². The molecular weight excluding hydrogens is 265 g/mol. The van der Waals surface area contributed by atoms with Gasteiger partial charge in [0.25, 0.3) is 0 Å². The maximum atomic E-state index is 12.5. The van der Waals surface area contributed by atoms with E-state index in [0.717, 1.165) is 18.5 Å². The third kappa shape index (κ3) is 2.39. The second-order valence-corrected chi connectivity index (χ2v) is 5.40. The van der Waals surface area contributed by atoms with Gasteiger partial charge in [0.15, 0.2) is 0 Å². The van der Waals surface area contributed by atoms with Crippen LogP contribution in [0.25, 0.3) is 11.1 Å². The van der Waals surface area contributed by atoms with Crippen LogP contribution in [0, 0.1) is 6.92 Å². The van der Waals surface area contributed by atoms with Crippen LogP contribution < -0.4 is 10.9 Å². The van der Waals surface area contributed by atoms with Crippen LogP contribution in [0.1, 0.15) is 34.9 Å². The average Bonchev–Trinajstić information content (AvgIpc) is 3.25. The van der Waals surface area contributed by atoms with Crippen molar-refractivity contribution in [2.75, 3.05) is 0 Å². The lowest BCUT2D eigenvalue weighted by atomic mass is 9.93. The molecule has 1 saturated carbocycles. The number of nitrogens with zero attached hydrogens (tertiary/aromatic N) is 1. The Balaban J connectivity index is 2.29. The van der Waals surface area contributed by atoms with Crippen molar-refractivity contribution in [3.63, 3.8) is 0 Å². The second kappa shape index (κ2) is 4.92. The van der Waals surface area contributed by atoms with Gasteiger partial charge >= 0.3 is 5.97 Å². The third-order valence-corrected chi connectivity index (χ3v) is 3.86. The highest BCUT2D eigenvalue weighted by molar-refractivity contribution is 6.32. The van der Waals surface area contributed by atoms with Crippen molar-refractivity contribution in [1.29, 1.82) is 0 Å². The number of hydrogen-bond acceptors (Lipinski definition) is 2. The standard InChI is InChI=1S/C16H14BNO3/c1-9-14(10-2-4-11(17)5-3-10)15(19)13(16(20)21)8-18(9)12-6-7-12/h2-5,8,12H,6-7H2,1H3,(H,20,21). The first kappa shape index (κ1) is 13.7. The van der Waals surface area contributed by atoms with Crippen molar-refractivity contribution in [2.45, 2.75) is 25.8 Å². The molecule has 1 aromatic heterocycles. The van der Waals surface area contributed by atoms with Crippen LogP contribution in [0.4, 0.5) is 0 Å². The van der Waals surface area contributed by atoms with Gasteiger partial charge in [0.1, 0.15) is 13.4 Å². The molecule has 3 rings (SSSR count). The monoisotopic (exact) mass is 279 g/mol.